The minimum Gasteiger partial charge on any atom is -0.508 e. The molecule has 7 nitrogen and oxygen atoms in total. The van der Waals surface area contributed by atoms with E-state index < -0.39 is 22.7 Å². The molecule has 0 unspecified atom stereocenters. The normalized spacial score (nSPS) is 17.9. The molecule has 1 aromatic heterocycles. The van der Waals surface area contributed by atoms with Crippen molar-refractivity contribution in [1.29, 1.82) is 0 Å². The number of phenols is 4. The van der Waals surface area contributed by atoms with Crippen LogP contribution in [0, 0.1) is 0 Å². The lowest BCUT2D eigenvalue weighted by Crippen LogP contribution is -2.28. The monoisotopic (exact) mass is 434 g/mol. The molecule has 1 aliphatic carbocycles. The molecule has 2 heterocycles. The lowest BCUT2D eigenvalue weighted by atomic mass is 9.76. The zero-order chi connectivity index (χ0) is 23.1. The summed E-state index contributed by atoms with van der Waals surface area (Å²) in [5.41, 5.74) is 0.533. The molecule has 2 aliphatic rings. The zero-order valence-electron chi connectivity index (χ0n) is 17.8. The standard InChI is InChI=1S/C25H22O7/c1-10(2)13-9-14-21(29)18-15(27)7-11(26)8-16(18)31-23(14)19-17(13)22(30)24-12(20(19)28)5-6-25(3,4)32-24/h5-8,13,26-28,30H,1,9H2,2-4H3/t13-/m1/s1. The maximum Gasteiger partial charge on any atom is 0.200 e. The first kappa shape index (κ1) is 20.1. The molecular weight excluding hydrogens is 412 g/mol. The maximum atomic E-state index is 13.3. The number of rotatable bonds is 1. The van der Waals surface area contributed by atoms with Gasteiger partial charge in [-0.1, -0.05) is 12.2 Å². The van der Waals surface area contributed by atoms with Crippen molar-refractivity contribution in [2.24, 2.45) is 0 Å². The molecule has 1 aliphatic heterocycles. The molecule has 2 aromatic carbocycles. The summed E-state index contributed by atoms with van der Waals surface area (Å²) in [5, 5.41) is 42.6. The Kier molecular flexibility index (Phi) is 3.96. The zero-order valence-corrected chi connectivity index (χ0v) is 17.8. The van der Waals surface area contributed by atoms with Gasteiger partial charge in [0.15, 0.2) is 16.9 Å². The van der Waals surface area contributed by atoms with Crippen molar-refractivity contribution in [1.82, 2.24) is 0 Å². The van der Waals surface area contributed by atoms with Gasteiger partial charge in [-0.3, -0.25) is 4.79 Å². The van der Waals surface area contributed by atoms with Crippen molar-refractivity contribution >= 4 is 17.0 Å². The second-order valence-corrected chi connectivity index (χ2v) is 8.95. The lowest BCUT2D eigenvalue weighted by Gasteiger charge is -2.34. The Hall–Kier alpha value is -3.87. The summed E-state index contributed by atoms with van der Waals surface area (Å²) in [5.74, 6) is -1.28. The number of aromatic hydroxyl groups is 4. The summed E-state index contributed by atoms with van der Waals surface area (Å²) in [6, 6.07) is 2.30. The number of hydrogen-bond acceptors (Lipinski definition) is 7. The van der Waals surface area contributed by atoms with Crippen LogP contribution >= 0.6 is 0 Å². The van der Waals surface area contributed by atoms with Gasteiger partial charge in [0.05, 0.1) is 11.1 Å². The highest BCUT2D eigenvalue weighted by Crippen LogP contribution is 2.57. The van der Waals surface area contributed by atoms with Crippen molar-refractivity contribution in [3.8, 4) is 40.1 Å². The third-order valence-electron chi connectivity index (χ3n) is 6.12. The number of phenolic OH excluding ortho intramolecular Hbond substituents is 4. The first-order chi connectivity index (χ1) is 15.0. The molecule has 1 atom stereocenters. The smallest absolute Gasteiger partial charge is 0.200 e. The average Bonchev–Trinajstić information content (AvgIpc) is 2.69. The summed E-state index contributed by atoms with van der Waals surface area (Å²) in [7, 11) is 0. The fourth-order valence-electron chi connectivity index (χ4n) is 4.58. The van der Waals surface area contributed by atoms with E-state index in [-0.39, 0.29) is 62.8 Å². The quantitative estimate of drug-likeness (QED) is 0.324. The van der Waals surface area contributed by atoms with Crippen molar-refractivity contribution < 1.29 is 29.6 Å². The summed E-state index contributed by atoms with van der Waals surface area (Å²) >= 11 is 0. The predicted molar refractivity (Wildman–Crippen MR) is 120 cm³/mol. The summed E-state index contributed by atoms with van der Waals surface area (Å²) in [4.78, 5) is 13.3. The van der Waals surface area contributed by atoms with E-state index >= 15 is 0 Å². The Bertz CT molecular complexity index is 1440. The number of ether oxygens (including phenoxy) is 1. The third-order valence-corrected chi connectivity index (χ3v) is 6.12. The van der Waals surface area contributed by atoms with Gasteiger partial charge in [0, 0.05) is 29.2 Å². The number of benzene rings is 2. The molecule has 0 spiro atoms. The van der Waals surface area contributed by atoms with Crippen LogP contribution in [0.4, 0.5) is 0 Å². The number of hydrogen-bond donors (Lipinski definition) is 4. The van der Waals surface area contributed by atoms with Crippen LogP contribution in [0.1, 0.15) is 43.4 Å². The molecule has 0 amide bonds. The Morgan fingerprint density at radius 1 is 1.16 bits per heavy atom. The third kappa shape index (κ3) is 2.64. The highest BCUT2D eigenvalue weighted by molar-refractivity contribution is 5.92. The van der Waals surface area contributed by atoms with Gasteiger partial charge in [-0.2, -0.15) is 0 Å². The molecule has 0 fully saturated rings. The van der Waals surface area contributed by atoms with Crippen LogP contribution in [0.5, 0.6) is 28.7 Å². The molecule has 164 valence electrons. The summed E-state index contributed by atoms with van der Waals surface area (Å²) < 4.78 is 11.9. The molecule has 0 radical (unpaired) electrons. The van der Waals surface area contributed by atoms with E-state index in [0.717, 1.165) is 6.07 Å². The van der Waals surface area contributed by atoms with Crippen LogP contribution in [0.3, 0.4) is 0 Å². The fraction of sp³-hybridized carbons (Fsp3) is 0.240. The van der Waals surface area contributed by atoms with E-state index in [1.807, 2.05) is 13.8 Å². The summed E-state index contributed by atoms with van der Waals surface area (Å²) in [6.45, 7) is 9.46. The van der Waals surface area contributed by atoms with Crippen LogP contribution in [0.2, 0.25) is 0 Å². The van der Waals surface area contributed by atoms with E-state index in [4.69, 9.17) is 9.15 Å². The SMILES string of the molecule is C=C(C)[C@H]1Cc2c(oc3cc(O)cc(O)c3c2=O)-c2c(O)c3c(c(O)c21)OC(C)(C)C=C3. The van der Waals surface area contributed by atoms with Gasteiger partial charge >= 0.3 is 0 Å². The van der Waals surface area contributed by atoms with Gasteiger partial charge < -0.3 is 29.6 Å². The molecular formula is C25H22O7. The van der Waals surface area contributed by atoms with Crippen molar-refractivity contribution in [2.45, 2.75) is 38.7 Å². The molecule has 32 heavy (non-hydrogen) atoms. The highest BCUT2D eigenvalue weighted by Gasteiger charge is 2.39. The van der Waals surface area contributed by atoms with Crippen molar-refractivity contribution in [3.05, 3.63) is 57.3 Å². The molecule has 4 N–H and O–H groups in total. The molecule has 0 saturated carbocycles. The molecule has 7 heteroatoms. The fourth-order valence-corrected chi connectivity index (χ4v) is 4.58. The van der Waals surface area contributed by atoms with Crippen LogP contribution in [-0.2, 0) is 6.42 Å². The van der Waals surface area contributed by atoms with Crippen LogP contribution in [0.25, 0.3) is 28.4 Å². The van der Waals surface area contributed by atoms with Gasteiger partial charge in [-0.15, -0.1) is 0 Å². The van der Waals surface area contributed by atoms with E-state index in [0.29, 0.717) is 11.1 Å². The van der Waals surface area contributed by atoms with Gasteiger partial charge in [-0.25, -0.2) is 0 Å². The number of fused-ring (bicyclic) bond motifs is 5. The van der Waals surface area contributed by atoms with Crippen LogP contribution in [-0.4, -0.2) is 26.0 Å². The predicted octanol–water partition coefficient (Wildman–Crippen LogP) is 4.68. The number of allylic oxidation sites excluding steroid dienone is 1. The summed E-state index contributed by atoms with van der Waals surface area (Å²) in [6.07, 6.45) is 3.57. The van der Waals surface area contributed by atoms with Gasteiger partial charge in [0.2, 0.25) is 0 Å². The van der Waals surface area contributed by atoms with Crippen LogP contribution < -0.4 is 10.2 Å². The Labute approximate surface area is 183 Å². The first-order valence-electron chi connectivity index (χ1n) is 10.2. The van der Waals surface area contributed by atoms with Crippen LogP contribution in [0.15, 0.2) is 39.6 Å². The Morgan fingerprint density at radius 2 is 1.88 bits per heavy atom. The van der Waals surface area contributed by atoms with E-state index in [2.05, 4.69) is 6.58 Å². The lowest BCUT2D eigenvalue weighted by molar-refractivity contribution is 0.151. The van der Waals surface area contributed by atoms with Gasteiger partial charge in [-0.05, 0) is 39.3 Å². The molecule has 0 bridgehead atoms. The van der Waals surface area contributed by atoms with Crippen molar-refractivity contribution in [3.63, 3.8) is 0 Å². The van der Waals surface area contributed by atoms with Gasteiger partial charge in [0.1, 0.15) is 39.6 Å². The Morgan fingerprint density at radius 3 is 2.56 bits per heavy atom. The Balaban J connectivity index is 1.94. The van der Waals surface area contributed by atoms with Crippen molar-refractivity contribution in [2.75, 3.05) is 0 Å². The molecule has 0 saturated heterocycles. The van der Waals surface area contributed by atoms with Gasteiger partial charge in [0.25, 0.3) is 0 Å². The second kappa shape index (κ2) is 6.32. The highest BCUT2D eigenvalue weighted by atomic mass is 16.5. The molecule has 3 aromatic rings. The second-order valence-electron chi connectivity index (χ2n) is 8.95. The van der Waals surface area contributed by atoms with E-state index in [1.165, 1.54) is 6.07 Å². The maximum absolute atomic E-state index is 13.3. The minimum atomic E-state index is -0.686. The van der Waals surface area contributed by atoms with E-state index in [9.17, 15) is 25.2 Å². The minimum absolute atomic E-state index is 0.0319. The molecule has 5 rings (SSSR count). The topological polar surface area (TPSA) is 120 Å². The average molecular weight is 434 g/mol. The first-order valence-corrected chi connectivity index (χ1v) is 10.2. The largest absolute Gasteiger partial charge is 0.508 e. The van der Waals surface area contributed by atoms with E-state index in [1.54, 1.807) is 19.1 Å².